The second-order valence-corrected chi connectivity index (χ2v) is 6.59. The number of nitrogens with one attached hydrogen (secondary N) is 1. The Morgan fingerprint density at radius 3 is 2.65 bits per heavy atom. The van der Waals surface area contributed by atoms with Crippen LogP contribution in [0.1, 0.15) is 38.4 Å². The lowest BCUT2D eigenvalue weighted by Crippen LogP contribution is -2.57. The van der Waals surface area contributed by atoms with Gasteiger partial charge in [0.25, 0.3) is 0 Å². The minimum atomic E-state index is 0.563. The van der Waals surface area contributed by atoms with E-state index in [1.807, 2.05) is 14.0 Å². The van der Waals surface area contributed by atoms with Gasteiger partial charge < -0.3 is 5.32 Å². The molecule has 2 atom stereocenters. The first kappa shape index (κ1) is 15.8. The molecule has 2 rings (SSSR count). The van der Waals surface area contributed by atoms with Crippen molar-refractivity contribution in [2.45, 2.75) is 52.7 Å². The first-order valence-corrected chi connectivity index (χ1v) is 7.97. The van der Waals surface area contributed by atoms with Crippen molar-refractivity contribution in [1.29, 1.82) is 0 Å². The van der Waals surface area contributed by atoms with Gasteiger partial charge in [0.1, 0.15) is 5.15 Å². The van der Waals surface area contributed by atoms with Gasteiger partial charge in [-0.2, -0.15) is 5.10 Å². The summed E-state index contributed by atoms with van der Waals surface area (Å²) in [5.41, 5.74) is 2.23. The van der Waals surface area contributed by atoms with Gasteiger partial charge in [-0.3, -0.25) is 9.58 Å². The van der Waals surface area contributed by atoms with E-state index in [-0.39, 0.29) is 0 Å². The predicted molar refractivity (Wildman–Crippen MR) is 84.1 cm³/mol. The van der Waals surface area contributed by atoms with Crippen molar-refractivity contribution in [3.8, 4) is 0 Å². The maximum absolute atomic E-state index is 6.38. The number of hydrogen-bond acceptors (Lipinski definition) is 3. The number of halogens is 1. The fourth-order valence-corrected chi connectivity index (χ4v) is 3.22. The lowest BCUT2D eigenvalue weighted by molar-refractivity contribution is 0.103. The van der Waals surface area contributed by atoms with E-state index in [9.17, 15) is 0 Å². The van der Waals surface area contributed by atoms with Crippen LogP contribution >= 0.6 is 11.6 Å². The average Bonchev–Trinajstić information content (AvgIpc) is 2.65. The molecule has 1 saturated heterocycles. The Labute approximate surface area is 127 Å². The molecule has 1 aromatic rings. The average molecular weight is 299 g/mol. The highest BCUT2D eigenvalue weighted by Gasteiger charge is 2.29. The van der Waals surface area contributed by atoms with E-state index in [0.29, 0.717) is 18.0 Å². The van der Waals surface area contributed by atoms with Crippen LogP contribution in [-0.4, -0.2) is 39.9 Å². The van der Waals surface area contributed by atoms with Gasteiger partial charge in [0.15, 0.2) is 0 Å². The van der Waals surface area contributed by atoms with Crippen molar-refractivity contribution in [2.75, 3.05) is 13.1 Å². The van der Waals surface area contributed by atoms with Gasteiger partial charge in [-0.15, -0.1) is 0 Å². The number of aromatic nitrogens is 2. The fraction of sp³-hybridized carbons (Fsp3) is 0.800. The van der Waals surface area contributed by atoms with Gasteiger partial charge in [0.2, 0.25) is 0 Å². The van der Waals surface area contributed by atoms with E-state index in [1.54, 1.807) is 4.68 Å². The summed E-state index contributed by atoms with van der Waals surface area (Å²) >= 11 is 6.38. The number of hydrogen-bond donors (Lipinski definition) is 1. The summed E-state index contributed by atoms with van der Waals surface area (Å²) in [4.78, 5) is 2.57. The Balaban J connectivity index is 2.15. The summed E-state index contributed by atoms with van der Waals surface area (Å²) in [7, 11) is 1.91. The number of rotatable bonds is 4. The van der Waals surface area contributed by atoms with Crippen LogP contribution in [0.5, 0.6) is 0 Å². The molecule has 0 radical (unpaired) electrons. The number of piperazine rings is 1. The van der Waals surface area contributed by atoms with Crippen molar-refractivity contribution in [1.82, 2.24) is 20.0 Å². The third kappa shape index (κ3) is 3.18. The standard InChI is InChI=1S/C15H27ClN4/c1-6-12-7-17-14(10(2)3)9-20(12)8-13-11(4)18-19(5)15(13)16/h10,12,14,17H,6-9H2,1-5H3. The van der Waals surface area contributed by atoms with Crippen LogP contribution in [0.3, 0.4) is 0 Å². The smallest absolute Gasteiger partial charge is 0.131 e. The van der Waals surface area contributed by atoms with Crippen LogP contribution in [0.2, 0.25) is 5.15 Å². The first-order chi connectivity index (χ1) is 9.43. The number of aryl methyl sites for hydroxylation is 2. The second kappa shape index (κ2) is 6.46. The molecule has 1 aliphatic heterocycles. The van der Waals surface area contributed by atoms with Crippen LogP contribution in [0.4, 0.5) is 0 Å². The molecule has 0 saturated carbocycles. The lowest BCUT2D eigenvalue weighted by atomic mass is 9.98. The van der Waals surface area contributed by atoms with Gasteiger partial charge in [-0.25, -0.2) is 0 Å². The quantitative estimate of drug-likeness (QED) is 0.927. The van der Waals surface area contributed by atoms with Crippen molar-refractivity contribution < 1.29 is 0 Å². The van der Waals surface area contributed by atoms with E-state index < -0.39 is 0 Å². The molecule has 2 heterocycles. The Hall–Kier alpha value is -0.580. The predicted octanol–water partition coefficient (Wildman–Crippen LogP) is 2.59. The second-order valence-electron chi connectivity index (χ2n) is 6.23. The zero-order valence-corrected chi connectivity index (χ0v) is 14.0. The van der Waals surface area contributed by atoms with Crippen LogP contribution in [0, 0.1) is 12.8 Å². The van der Waals surface area contributed by atoms with Crippen molar-refractivity contribution in [3.05, 3.63) is 16.4 Å². The van der Waals surface area contributed by atoms with Gasteiger partial charge in [0.05, 0.1) is 5.69 Å². The molecular weight excluding hydrogens is 272 g/mol. The third-order valence-corrected chi connectivity index (χ3v) is 4.94. The normalized spacial score (nSPS) is 24.6. The van der Waals surface area contributed by atoms with Gasteiger partial charge >= 0.3 is 0 Å². The maximum Gasteiger partial charge on any atom is 0.131 e. The maximum atomic E-state index is 6.38. The molecule has 5 heteroatoms. The van der Waals surface area contributed by atoms with Gasteiger partial charge in [-0.05, 0) is 19.3 Å². The van der Waals surface area contributed by atoms with E-state index in [0.717, 1.165) is 36.9 Å². The highest BCUT2D eigenvalue weighted by Crippen LogP contribution is 2.24. The van der Waals surface area contributed by atoms with Crippen molar-refractivity contribution in [2.24, 2.45) is 13.0 Å². The monoisotopic (exact) mass is 298 g/mol. The van der Waals surface area contributed by atoms with E-state index in [4.69, 9.17) is 11.6 Å². The summed E-state index contributed by atoms with van der Waals surface area (Å²) in [5, 5.41) is 8.87. The number of nitrogens with zero attached hydrogens (tertiary/aromatic N) is 3. The molecule has 0 amide bonds. The minimum Gasteiger partial charge on any atom is -0.311 e. The molecule has 1 aliphatic rings. The Morgan fingerprint density at radius 2 is 2.15 bits per heavy atom. The molecule has 1 fully saturated rings. The molecular formula is C15H27ClN4. The zero-order valence-electron chi connectivity index (χ0n) is 13.3. The van der Waals surface area contributed by atoms with Gasteiger partial charge in [0, 0.05) is 44.3 Å². The van der Waals surface area contributed by atoms with Crippen molar-refractivity contribution in [3.63, 3.8) is 0 Å². The highest BCUT2D eigenvalue weighted by molar-refractivity contribution is 6.30. The third-order valence-electron chi connectivity index (χ3n) is 4.47. The summed E-state index contributed by atoms with van der Waals surface area (Å²) in [6.07, 6.45) is 1.16. The molecule has 0 bridgehead atoms. The van der Waals surface area contributed by atoms with E-state index in [1.165, 1.54) is 5.56 Å². The molecule has 2 unspecified atom stereocenters. The molecule has 0 aliphatic carbocycles. The summed E-state index contributed by atoms with van der Waals surface area (Å²) in [6, 6.07) is 1.15. The SMILES string of the molecule is CCC1CNC(C(C)C)CN1Cc1c(C)nn(C)c1Cl. The van der Waals surface area contributed by atoms with Crippen LogP contribution < -0.4 is 5.32 Å². The summed E-state index contributed by atoms with van der Waals surface area (Å²) in [5.74, 6) is 0.653. The largest absolute Gasteiger partial charge is 0.311 e. The lowest BCUT2D eigenvalue weighted by Gasteiger charge is -2.41. The van der Waals surface area contributed by atoms with Crippen LogP contribution in [0.25, 0.3) is 0 Å². The minimum absolute atomic E-state index is 0.563. The zero-order chi connectivity index (χ0) is 14.9. The topological polar surface area (TPSA) is 33.1 Å². The molecule has 114 valence electrons. The Morgan fingerprint density at radius 1 is 1.45 bits per heavy atom. The Bertz CT molecular complexity index is 455. The van der Waals surface area contributed by atoms with Crippen LogP contribution in [0.15, 0.2) is 0 Å². The Kier molecular flexibility index (Phi) is 5.10. The van der Waals surface area contributed by atoms with Gasteiger partial charge in [-0.1, -0.05) is 32.4 Å². The van der Waals surface area contributed by atoms with E-state index in [2.05, 4.69) is 36.1 Å². The molecule has 20 heavy (non-hydrogen) atoms. The van der Waals surface area contributed by atoms with Crippen LogP contribution in [-0.2, 0) is 13.6 Å². The molecule has 1 aromatic heterocycles. The van der Waals surface area contributed by atoms with E-state index >= 15 is 0 Å². The molecule has 1 N–H and O–H groups in total. The molecule has 0 spiro atoms. The summed E-state index contributed by atoms with van der Waals surface area (Å²) < 4.78 is 1.77. The highest BCUT2D eigenvalue weighted by atomic mass is 35.5. The molecule has 0 aromatic carbocycles. The van der Waals surface area contributed by atoms with Crippen molar-refractivity contribution >= 4 is 11.6 Å². The fourth-order valence-electron chi connectivity index (χ4n) is 2.98. The summed E-state index contributed by atoms with van der Waals surface area (Å²) in [6.45, 7) is 11.9. The first-order valence-electron chi connectivity index (χ1n) is 7.59. The molecule has 4 nitrogen and oxygen atoms in total.